The SMILES string of the molecule is COc1ccc(Cl)cc1CC(=O)N(CCN)CCc1ccccc1.Cl. The smallest absolute Gasteiger partial charge is 0.227 e. The number of halogens is 2. The molecule has 2 aromatic carbocycles. The molecule has 2 aromatic rings. The van der Waals surface area contributed by atoms with Crippen molar-refractivity contribution < 1.29 is 9.53 Å². The summed E-state index contributed by atoms with van der Waals surface area (Å²) in [5, 5.41) is 0.591. The van der Waals surface area contributed by atoms with E-state index in [9.17, 15) is 4.79 Å². The molecule has 0 aliphatic heterocycles. The van der Waals surface area contributed by atoms with Gasteiger partial charge in [0.1, 0.15) is 5.75 Å². The first kappa shape index (κ1) is 21.3. The van der Waals surface area contributed by atoms with Gasteiger partial charge in [-0.05, 0) is 30.2 Å². The molecular weight excluding hydrogens is 359 g/mol. The zero-order chi connectivity index (χ0) is 17.4. The third kappa shape index (κ3) is 6.58. The lowest BCUT2D eigenvalue weighted by molar-refractivity contribution is -0.130. The fourth-order valence-corrected chi connectivity index (χ4v) is 2.78. The van der Waals surface area contributed by atoms with Gasteiger partial charge in [0.15, 0.2) is 0 Å². The number of nitrogens with two attached hydrogens (primary N) is 1. The number of nitrogens with zero attached hydrogens (tertiary/aromatic N) is 1. The van der Waals surface area contributed by atoms with Crippen LogP contribution in [0.25, 0.3) is 0 Å². The first-order chi connectivity index (χ1) is 11.6. The summed E-state index contributed by atoms with van der Waals surface area (Å²) in [6.07, 6.45) is 1.05. The number of amides is 1. The summed E-state index contributed by atoms with van der Waals surface area (Å²) in [6.45, 7) is 1.62. The molecule has 1 amide bonds. The summed E-state index contributed by atoms with van der Waals surface area (Å²) in [5.74, 6) is 0.695. The number of benzene rings is 2. The van der Waals surface area contributed by atoms with Crippen molar-refractivity contribution in [3.05, 3.63) is 64.7 Å². The van der Waals surface area contributed by atoms with Crippen LogP contribution in [0.2, 0.25) is 5.02 Å². The van der Waals surface area contributed by atoms with Gasteiger partial charge in [0.25, 0.3) is 0 Å². The van der Waals surface area contributed by atoms with E-state index in [-0.39, 0.29) is 24.7 Å². The molecule has 0 fully saturated rings. The summed E-state index contributed by atoms with van der Waals surface area (Å²) in [7, 11) is 1.59. The molecular formula is C19H24Cl2N2O2. The number of methoxy groups -OCH3 is 1. The van der Waals surface area contributed by atoms with E-state index in [1.165, 1.54) is 5.56 Å². The van der Waals surface area contributed by atoms with Crippen molar-refractivity contribution in [2.24, 2.45) is 5.73 Å². The fourth-order valence-electron chi connectivity index (χ4n) is 2.59. The van der Waals surface area contributed by atoms with Crippen molar-refractivity contribution in [3.8, 4) is 5.75 Å². The van der Waals surface area contributed by atoms with Crippen molar-refractivity contribution in [2.45, 2.75) is 12.8 Å². The average molecular weight is 383 g/mol. The molecule has 0 aromatic heterocycles. The summed E-state index contributed by atoms with van der Waals surface area (Å²) in [5.41, 5.74) is 7.66. The van der Waals surface area contributed by atoms with Gasteiger partial charge in [0, 0.05) is 30.2 Å². The van der Waals surface area contributed by atoms with Crippen molar-refractivity contribution in [2.75, 3.05) is 26.7 Å². The van der Waals surface area contributed by atoms with E-state index in [0.717, 1.165) is 12.0 Å². The summed E-state index contributed by atoms with van der Waals surface area (Å²) >= 11 is 6.04. The van der Waals surface area contributed by atoms with Gasteiger partial charge in [-0.25, -0.2) is 0 Å². The van der Waals surface area contributed by atoms with Gasteiger partial charge >= 0.3 is 0 Å². The minimum atomic E-state index is 0. The first-order valence-corrected chi connectivity index (χ1v) is 8.36. The molecule has 4 nitrogen and oxygen atoms in total. The largest absolute Gasteiger partial charge is 0.496 e. The minimum Gasteiger partial charge on any atom is -0.496 e. The average Bonchev–Trinajstić information content (AvgIpc) is 2.59. The number of carbonyl (C=O) groups excluding carboxylic acids is 1. The van der Waals surface area contributed by atoms with Gasteiger partial charge in [-0.2, -0.15) is 0 Å². The molecule has 25 heavy (non-hydrogen) atoms. The van der Waals surface area contributed by atoms with Crippen LogP contribution in [0.5, 0.6) is 5.75 Å². The molecule has 0 bridgehead atoms. The van der Waals surface area contributed by atoms with Crippen LogP contribution in [0.15, 0.2) is 48.5 Å². The van der Waals surface area contributed by atoms with Crippen LogP contribution in [0.3, 0.4) is 0 Å². The molecule has 0 spiro atoms. The van der Waals surface area contributed by atoms with E-state index in [0.29, 0.717) is 30.4 Å². The molecule has 136 valence electrons. The van der Waals surface area contributed by atoms with Gasteiger partial charge in [0.2, 0.25) is 5.91 Å². The second kappa shape index (κ2) is 11.0. The van der Waals surface area contributed by atoms with Gasteiger partial charge < -0.3 is 15.4 Å². The van der Waals surface area contributed by atoms with Crippen molar-refractivity contribution in [1.29, 1.82) is 0 Å². The van der Waals surface area contributed by atoms with Crippen LogP contribution in [0.1, 0.15) is 11.1 Å². The lowest BCUT2D eigenvalue weighted by Gasteiger charge is -2.22. The third-order valence-electron chi connectivity index (χ3n) is 3.85. The Bertz CT molecular complexity index is 666. The summed E-state index contributed by atoms with van der Waals surface area (Å²) < 4.78 is 5.32. The van der Waals surface area contributed by atoms with Crippen LogP contribution < -0.4 is 10.5 Å². The highest BCUT2D eigenvalue weighted by molar-refractivity contribution is 6.30. The lowest BCUT2D eigenvalue weighted by atomic mass is 10.1. The predicted octanol–water partition coefficient (Wildman–Crippen LogP) is 3.34. The Morgan fingerprint density at radius 3 is 2.52 bits per heavy atom. The van der Waals surface area contributed by atoms with Crippen LogP contribution in [0.4, 0.5) is 0 Å². The third-order valence-corrected chi connectivity index (χ3v) is 4.08. The second-order valence-corrected chi connectivity index (χ2v) is 5.97. The quantitative estimate of drug-likeness (QED) is 0.761. The van der Waals surface area contributed by atoms with Crippen molar-refractivity contribution >= 4 is 29.9 Å². The number of hydrogen-bond donors (Lipinski definition) is 1. The van der Waals surface area contributed by atoms with E-state index in [4.69, 9.17) is 22.1 Å². The first-order valence-electron chi connectivity index (χ1n) is 7.98. The topological polar surface area (TPSA) is 55.6 Å². The standard InChI is InChI=1S/C19H23ClN2O2.ClH/c1-24-18-8-7-17(20)13-16(18)14-19(23)22(12-10-21)11-9-15-5-3-2-4-6-15;/h2-8,13H,9-12,14,21H2,1H3;1H. The fraction of sp³-hybridized carbons (Fsp3) is 0.316. The molecule has 0 saturated carbocycles. The highest BCUT2D eigenvalue weighted by atomic mass is 35.5. The maximum atomic E-state index is 12.7. The molecule has 2 N–H and O–H groups in total. The highest BCUT2D eigenvalue weighted by Gasteiger charge is 2.16. The predicted molar refractivity (Wildman–Crippen MR) is 105 cm³/mol. The Morgan fingerprint density at radius 1 is 1.16 bits per heavy atom. The zero-order valence-electron chi connectivity index (χ0n) is 14.3. The normalized spacial score (nSPS) is 10.0. The Labute approximate surface area is 160 Å². The summed E-state index contributed by atoms with van der Waals surface area (Å²) in [4.78, 5) is 14.5. The molecule has 0 saturated heterocycles. The Hall–Kier alpha value is -1.75. The van der Waals surface area contributed by atoms with Crippen molar-refractivity contribution in [1.82, 2.24) is 4.90 Å². The van der Waals surface area contributed by atoms with Crippen LogP contribution in [-0.2, 0) is 17.6 Å². The molecule has 0 aliphatic rings. The molecule has 0 radical (unpaired) electrons. The van der Waals surface area contributed by atoms with Crippen LogP contribution >= 0.6 is 24.0 Å². The second-order valence-electron chi connectivity index (χ2n) is 5.54. The van der Waals surface area contributed by atoms with Gasteiger partial charge in [0.05, 0.1) is 13.5 Å². The molecule has 0 atom stereocenters. The highest BCUT2D eigenvalue weighted by Crippen LogP contribution is 2.23. The van der Waals surface area contributed by atoms with Crippen LogP contribution in [0, 0.1) is 0 Å². The molecule has 2 rings (SSSR count). The van der Waals surface area contributed by atoms with E-state index < -0.39 is 0 Å². The Kier molecular flexibility index (Phi) is 9.35. The van der Waals surface area contributed by atoms with Crippen molar-refractivity contribution in [3.63, 3.8) is 0 Å². The number of ether oxygens (including phenoxy) is 1. The van der Waals surface area contributed by atoms with E-state index in [2.05, 4.69) is 12.1 Å². The Balaban J connectivity index is 0.00000312. The maximum absolute atomic E-state index is 12.7. The van der Waals surface area contributed by atoms with Crippen LogP contribution in [-0.4, -0.2) is 37.6 Å². The molecule has 0 heterocycles. The van der Waals surface area contributed by atoms with Gasteiger partial charge in [-0.15, -0.1) is 12.4 Å². The Morgan fingerprint density at radius 2 is 1.88 bits per heavy atom. The molecule has 0 aliphatic carbocycles. The van der Waals surface area contributed by atoms with Gasteiger partial charge in [-0.1, -0.05) is 41.9 Å². The van der Waals surface area contributed by atoms with E-state index >= 15 is 0 Å². The number of rotatable bonds is 8. The number of hydrogen-bond acceptors (Lipinski definition) is 3. The monoisotopic (exact) mass is 382 g/mol. The van der Waals surface area contributed by atoms with E-state index in [1.54, 1.807) is 30.2 Å². The lowest BCUT2D eigenvalue weighted by Crippen LogP contribution is -2.37. The molecule has 0 unspecified atom stereocenters. The molecule has 6 heteroatoms. The number of carbonyl (C=O) groups is 1. The van der Waals surface area contributed by atoms with E-state index in [1.807, 2.05) is 18.2 Å². The zero-order valence-corrected chi connectivity index (χ0v) is 15.9. The summed E-state index contributed by atoms with van der Waals surface area (Å²) in [6, 6.07) is 15.4. The van der Waals surface area contributed by atoms with Gasteiger partial charge in [-0.3, -0.25) is 4.79 Å². The maximum Gasteiger partial charge on any atom is 0.227 e. The minimum absolute atomic E-state index is 0.